The van der Waals surface area contributed by atoms with Gasteiger partial charge in [-0.05, 0) is 31.7 Å². The number of hydrogen-bond acceptors (Lipinski definition) is 4. The van der Waals surface area contributed by atoms with E-state index < -0.39 is 18.0 Å². The van der Waals surface area contributed by atoms with E-state index in [2.05, 4.69) is 5.32 Å². The lowest BCUT2D eigenvalue weighted by atomic mass is 10.2. The van der Waals surface area contributed by atoms with Gasteiger partial charge in [0.05, 0.1) is 5.02 Å². The van der Waals surface area contributed by atoms with Crippen molar-refractivity contribution in [1.29, 1.82) is 0 Å². The monoisotopic (exact) mass is 285 g/mol. The number of amides is 3. The van der Waals surface area contributed by atoms with Crippen LogP contribution in [-0.2, 0) is 11.3 Å². The zero-order chi connectivity index (χ0) is 14.4. The molecule has 7 heteroatoms. The summed E-state index contributed by atoms with van der Waals surface area (Å²) in [4.78, 5) is 22.0. The van der Waals surface area contributed by atoms with Gasteiger partial charge in [-0.1, -0.05) is 17.7 Å². The van der Waals surface area contributed by atoms with Gasteiger partial charge in [0, 0.05) is 6.54 Å². The highest BCUT2D eigenvalue weighted by atomic mass is 35.5. The van der Waals surface area contributed by atoms with E-state index in [-0.39, 0.29) is 0 Å². The summed E-state index contributed by atoms with van der Waals surface area (Å²) in [6, 6.07) is 4.32. The van der Waals surface area contributed by atoms with Crippen molar-refractivity contribution in [3.8, 4) is 5.75 Å². The van der Waals surface area contributed by atoms with Crippen molar-refractivity contribution >= 4 is 23.5 Å². The molecule has 0 aliphatic heterocycles. The van der Waals surface area contributed by atoms with Gasteiger partial charge in [-0.25, -0.2) is 4.79 Å². The van der Waals surface area contributed by atoms with E-state index in [0.29, 0.717) is 17.3 Å². The fraction of sp³-hybridized carbons (Fsp3) is 0.333. The largest absolute Gasteiger partial charge is 0.479 e. The standard InChI is InChI=1S/C12H16ClN3O3/c1-7(11(17)16-12(14)18)19-10-4-3-8(6-15-2)5-9(10)13/h3-5,7,15H,6H2,1-2H3,(H3,14,16,17,18). The lowest BCUT2D eigenvalue weighted by Crippen LogP contribution is -2.42. The van der Waals surface area contributed by atoms with Crippen LogP contribution in [0.15, 0.2) is 18.2 Å². The Hall–Kier alpha value is -1.79. The topological polar surface area (TPSA) is 93.4 Å². The van der Waals surface area contributed by atoms with Crippen molar-refractivity contribution in [2.24, 2.45) is 5.73 Å². The molecule has 104 valence electrons. The first kappa shape index (κ1) is 15.3. The van der Waals surface area contributed by atoms with E-state index in [0.717, 1.165) is 5.56 Å². The third kappa shape index (κ3) is 4.76. The number of nitrogens with two attached hydrogens (primary N) is 1. The zero-order valence-electron chi connectivity index (χ0n) is 10.7. The Labute approximate surface area is 116 Å². The minimum absolute atomic E-state index is 0.369. The Kier molecular flexibility index (Phi) is 5.59. The van der Waals surface area contributed by atoms with Gasteiger partial charge in [0.25, 0.3) is 5.91 Å². The third-order valence-corrected chi connectivity index (χ3v) is 2.59. The summed E-state index contributed by atoms with van der Waals surface area (Å²) < 4.78 is 5.37. The molecule has 1 aromatic carbocycles. The average molecular weight is 286 g/mol. The molecule has 0 radical (unpaired) electrons. The second-order valence-corrected chi connectivity index (χ2v) is 4.32. The van der Waals surface area contributed by atoms with Crippen LogP contribution in [-0.4, -0.2) is 25.1 Å². The lowest BCUT2D eigenvalue weighted by molar-refractivity contribution is -0.126. The molecule has 0 aromatic heterocycles. The summed E-state index contributed by atoms with van der Waals surface area (Å²) in [5.74, 6) is -0.253. The van der Waals surface area contributed by atoms with E-state index >= 15 is 0 Å². The first-order valence-corrected chi connectivity index (χ1v) is 6.01. The summed E-state index contributed by atoms with van der Waals surface area (Å²) in [6.45, 7) is 2.17. The number of urea groups is 1. The number of benzene rings is 1. The maximum absolute atomic E-state index is 11.4. The number of carbonyl (C=O) groups excluding carboxylic acids is 2. The Morgan fingerprint density at radius 1 is 1.47 bits per heavy atom. The number of ether oxygens (including phenoxy) is 1. The van der Waals surface area contributed by atoms with Crippen LogP contribution in [0.3, 0.4) is 0 Å². The summed E-state index contributed by atoms with van der Waals surface area (Å²) in [6.07, 6.45) is -0.875. The van der Waals surface area contributed by atoms with Crippen LogP contribution in [0.1, 0.15) is 12.5 Å². The van der Waals surface area contributed by atoms with Crippen molar-refractivity contribution in [1.82, 2.24) is 10.6 Å². The molecule has 0 spiro atoms. The molecule has 0 aliphatic carbocycles. The van der Waals surface area contributed by atoms with Crippen molar-refractivity contribution in [3.63, 3.8) is 0 Å². The predicted molar refractivity (Wildman–Crippen MR) is 72.0 cm³/mol. The quantitative estimate of drug-likeness (QED) is 0.753. The molecule has 0 heterocycles. The van der Waals surface area contributed by atoms with Crippen LogP contribution >= 0.6 is 11.6 Å². The molecule has 0 saturated heterocycles. The Morgan fingerprint density at radius 2 is 2.16 bits per heavy atom. The highest BCUT2D eigenvalue weighted by Gasteiger charge is 2.17. The molecule has 1 aromatic rings. The van der Waals surface area contributed by atoms with Crippen molar-refractivity contribution in [2.75, 3.05) is 7.05 Å². The minimum Gasteiger partial charge on any atom is -0.479 e. The number of hydrogen-bond donors (Lipinski definition) is 3. The SMILES string of the molecule is CNCc1ccc(OC(C)C(=O)NC(N)=O)c(Cl)c1. The minimum atomic E-state index is -0.920. The average Bonchev–Trinajstić information content (AvgIpc) is 2.32. The fourth-order valence-electron chi connectivity index (χ4n) is 1.42. The number of rotatable bonds is 5. The third-order valence-electron chi connectivity index (χ3n) is 2.30. The lowest BCUT2D eigenvalue weighted by Gasteiger charge is -2.15. The Morgan fingerprint density at radius 3 is 2.68 bits per heavy atom. The normalized spacial score (nSPS) is 11.7. The number of carbonyl (C=O) groups is 2. The summed E-state index contributed by atoms with van der Waals surface area (Å²) in [5, 5.41) is 5.33. The first-order chi connectivity index (χ1) is 8.93. The molecule has 1 unspecified atom stereocenters. The van der Waals surface area contributed by atoms with E-state index in [4.69, 9.17) is 22.1 Å². The zero-order valence-corrected chi connectivity index (χ0v) is 11.5. The summed E-state index contributed by atoms with van der Waals surface area (Å²) in [5.41, 5.74) is 5.84. The van der Waals surface area contributed by atoms with E-state index in [1.165, 1.54) is 6.92 Å². The molecular weight excluding hydrogens is 270 g/mol. The van der Waals surface area contributed by atoms with Crippen molar-refractivity contribution < 1.29 is 14.3 Å². The molecule has 4 N–H and O–H groups in total. The van der Waals surface area contributed by atoms with Crippen LogP contribution < -0.4 is 21.1 Å². The van der Waals surface area contributed by atoms with E-state index in [1.807, 2.05) is 18.4 Å². The van der Waals surface area contributed by atoms with Crippen molar-refractivity contribution in [3.05, 3.63) is 28.8 Å². The molecule has 0 fully saturated rings. The first-order valence-electron chi connectivity index (χ1n) is 5.64. The van der Waals surface area contributed by atoms with Gasteiger partial charge in [0.15, 0.2) is 6.10 Å². The maximum atomic E-state index is 11.4. The fourth-order valence-corrected chi connectivity index (χ4v) is 1.67. The van der Waals surface area contributed by atoms with Crippen molar-refractivity contribution in [2.45, 2.75) is 19.6 Å². The molecule has 0 aliphatic rings. The summed E-state index contributed by atoms with van der Waals surface area (Å²) in [7, 11) is 1.83. The van der Waals surface area contributed by atoms with Crippen LogP contribution in [0.25, 0.3) is 0 Å². The van der Waals surface area contributed by atoms with Gasteiger partial charge in [0.1, 0.15) is 5.75 Å². The molecule has 19 heavy (non-hydrogen) atoms. The van der Waals surface area contributed by atoms with Gasteiger partial charge in [0.2, 0.25) is 0 Å². The highest BCUT2D eigenvalue weighted by molar-refractivity contribution is 6.32. The number of nitrogens with one attached hydrogen (secondary N) is 2. The molecule has 0 bridgehead atoms. The molecule has 3 amide bonds. The van der Waals surface area contributed by atoms with Gasteiger partial charge in [-0.15, -0.1) is 0 Å². The molecule has 0 saturated carbocycles. The second kappa shape index (κ2) is 6.96. The molecule has 1 rings (SSSR count). The Balaban J connectivity index is 2.71. The second-order valence-electron chi connectivity index (χ2n) is 3.91. The molecule has 1 atom stereocenters. The number of primary amides is 1. The van der Waals surface area contributed by atoms with Crippen LogP contribution in [0.5, 0.6) is 5.75 Å². The molecule has 6 nitrogen and oxygen atoms in total. The van der Waals surface area contributed by atoms with E-state index in [9.17, 15) is 9.59 Å². The van der Waals surface area contributed by atoms with Gasteiger partial charge < -0.3 is 15.8 Å². The molecular formula is C12H16ClN3O3. The number of imide groups is 1. The van der Waals surface area contributed by atoms with Gasteiger partial charge in [-0.2, -0.15) is 0 Å². The smallest absolute Gasteiger partial charge is 0.318 e. The van der Waals surface area contributed by atoms with Crippen LogP contribution in [0.4, 0.5) is 4.79 Å². The number of halogens is 1. The summed E-state index contributed by atoms with van der Waals surface area (Å²) >= 11 is 6.04. The highest BCUT2D eigenvalue weighted by Crippen LogP contribution is 2.26. The predicted octanol–water partition coefficient (Wildman–Crippen LogP) is 1.02. The van der Waals surface area contributed by atoms with Crippen LogP contribution in [0, 0.1) is 0 Å². The Bertz CT molecular complexity index is 479. The van der Waals surface area contributed by atoms with Crippen LogP contribution in [0.2, 0.25) is 5.02 Å². The van der Waals surface area contributed by atoms with E-state index in [1.54, 1.807) is 12.1 Å². The van der Waals surface area contributed by atoms with Gasteiger partial charge >= 0.3 is 6.03 Å². The maximum Gasteiger partial charge on any atom is 0.318 e. The van der Waals surface area contributed by atoms with Gasteiger partial charge in [-0.3, -0.25) is 10.1 Å².